The molecule has 0 saturated heterocycles. The Kier molecular flexibility index (Phi) is 2.83. The largest absolute Gasteiger partial charge is 0.383 e. The number of aromatic nitrogens is 1. The Labute approximate surface area is 75.0 Å². The lowest BCUT2D eigenvalue weighted by Gasteiger charge is -1.95. The van der Waals surface area contributed by atoms with Gasteiger partial charge in [0.15, 0.2) is 0 Å². The molecule has 0 fully saturated rings. The van der Waals surface area contributed by atoms with E-state index in [1.165, 1.54) is 6.07 Å². The second-order valence-electron chi connectivity index (χ2n) is 2.22. The number of nitrogen functional groups attached to an aromatic ring is 1. The van der Waals surface area contributed by atoms with E-state index in [9.17, 15) is 4.39 Å². The summed E-state index contributed by atoms with van der Waals surface area (Å²) in [5, 5.41) is 8.19. The topological polar surface area (TPSA) is 62.7 Å². The number of nitrogens with zero attached hydrogens (tertiary/aromatic N) is 2. The molecule has 1 heterocycles. The van der Waals surface area contributed by atoms with Gasteiger partial charge in [0.25, 0.3) is 0 Å². The summed E-state index contributed by atoms with van der Waals surface area (Å²) in [6.07, 6.45) is 1.11. The van der Waals surface area contributed by atoms with E-state index >= 15 is 0 Å². The minimum Gasteiger partial charge on any atom is -0.383 e. The molecule has 4 heteroatoms. The highest BCUT2D eigenvalue weighted by molar-refractivity contribution is 5.50. The molecule has 1 aromatic rings. The predicted molar refractivity (Wildman–Crippen MR) is 45.7 cm³/mol. The van der Waals surface area contributed by atoms with Crippen LogP contribution in [-0.4, -0.2) is 4.98 Å². The third kappa shape index (κ3) is 2.46. The number of anilines is 1. The van der Waals surface area contributed by atoms with Crippen LogP contribution in [0.4, 0.5) is 10.2 Å². The maximum Gasteiger partial charge on any atom is 0.142 e. The van der Waals surface area contributed by atoms with Crippen molar-refractivity contribution in [2.24, 2.45) is 0 Å². The lowest BCUT2D eigenvalue weighted by atomic mass is 10.2. The lowest BCUT2D eigenvalue weighted by Crippen LogP contribution is -1.94. The van der Waals surface area contributed by atoms with Gasteiger partial charge in [-0.2, -0.15) is 5.26 Å². The van der Waals surface area contributed by atoms with Crippen LogP contribution in [0, 0.1) is 29.0 Å². The highest BCUT2D eigenvalue weighted by atomic mass is 19.1. The lowest BCUT2D eigenvalue weighted by molar-refractivity contribution is 0.621. The summed E-state index contributed by atoms with van der Waals surface area (Å²) in [6.45, 7) is 0. The normalized spacial score (nSPS) is 8.31. The average Bonchev–Trinajstić information content (AvgIpc) is 2.11. The predicted octanol–water partition coefficient (Wildman–Crippen LogP) is 1.07. The van der Waals surface area contributed by atoms with Crippen LogP contribution >= 0.6 is 0 Å². The van der Waals surface area contributed by atoms with E-state index in [0.29, 0.717) is 5.56 Å². The Morgan fingerprint density at radius 2 is 2.38 bits per heavy atom. The molecule has 0 saturated carbocycles. The van der Waals surface area contributed by atoms with Gasteiger partial charge < -0.3 is 5.73 Å². The Balaban J connectivity index is 2.97. The first kappa shape index (κ1) is 9.02. The first-order valence-corrected chi connectivity index (χ1v) is 3.51. The third-order valence-corrected chi connectivity index (χ3v) is 1.28. The number of halogens is 1. The molecule has 0 bridgehead atoms. The Bertz CT molecular complexity index is 409. The highest BCUT2D eigenvalue weighted by Crippen LogP contribution is 2.07. The van der Waals surface area contributed by atoms with Gasteiger partial charge in [-0.05, 0) is 6.07 Å². The van der Waals surface area contributed by atoms with Gasteiger partial charge in [0.05, 0.1) is 24.3 Å². The van der Waals surface area contributed by atoms with Crippen molar-refractivity contribution in [3.8, 4) is 17.9 Å². The van der Waals surface area contributed by atoms with Crippen molar-refractivity contribution in [1.29, 1.82) is 5.26 Å². The van der Waals surface area contributed by atoms with Crippen LogP contribution in [0.3, 0.4) is 0 Å². The first-order valence-electron chi connectivity index (χ1n) is 3.51. The van der Waals surface area contributed by atoms with E-state index < -0.39 is 5.82 Å². The molecular weight excluding hydrogens is 169 g/mol. The van der Waals surface area contributed by atoms with Gasteiger partial charge in [-0.15, -0.1) is 0 Å². The number of hydrogen-bond donors (Lipinski definition) is 1. The minimum atomic E-state index is -0.490. The second kappa shape index (κ2) is 4.08. The van der Waals surface area contributed by atoms with Gasteiger partial charge in [0.1, 0.15) is 11.6 Å². The zero-order valence-corrected chi connectivity index (χ0v) is 6.71. The summed E-state index contributed by atoms with van der Waals surface area (Å²) in [6, 6.07) is 3.03. The fraction of sp³-hybridized carbons (Fsp3) is 0.111. The quantitative estimate of drug-likeness (QED) is 0.600. The smallest absolute Gasteiger partial charge is 0.142 e. The van der Waals surface area contributed by atoms with Crippen molar-refractivity contribution in [2.45, 2.75) is 6.42 Å². The second-order valence-corrected chi connectivity index (χ2v) is 2.22. The zero-order valence-electron chi connectivity index (χ0n) is 6.71. The van der Waals surface area contributed by atoms with Gasteiger partial charge in [0, 0.05) is 0 Å². The summed E-state index contributed by atoms with van der Waals surface area (Å²) in [5.74, 6) is 4.76. The molecule has 64 valence electrons. The minimum absolute atomic E-state index is 0.0932. The molecule has 3 nitrogen and oxygen atoms in total. The number of rotatable bonds is 0. The van der Waals surface area contributed by atoms with E-state index in [-0.39, 0.29) is 12.2 Å². The van der Waals surface area contributed by atoms with E-state index in [1.54, 1.807) is 0 Å². The fourth-order valence-electron chi connectivity index (χ4n) is 0.729. The van der Waals surface area contributed by atoms with E-state index in [4.69, 9.17) is 11.0 Å². The molecule has 1 rings (SSSR count). The van der Waals surface area contributed by atoms with Gasteiger partial charge in [-0.25, -0.2) is 9.37 Å². The highest BCUT2D eigenvalue weighted by Gasteiger charge is 1.97. The van der Waals surface area contributed by atoms with Crippen molar-refractivity contribution in [3.63, 3.8) is 0 Å². The fourth-order valence-corrected chi connectivity index (χ4v) is 0.729. The molecule has 0 amide bonds. The third-order valence-electron chi connectivity index (χ3n) is 1.28. The summed E-state index contributed by atoms with van der Waals surface area (Å²) in [4.78, 5) is 3.57. The monoisotopic (exact) mass is 175 g/mol. The molecule has 2 N–H and O–H groups in total. The van der Waals surface area contributed by atoms with E-state index in [1.807, 2.05) is 6.07 Å². The molecule has 13 heavy (non-hydrogen) atoms. The molecule has 0 aliphatic rings. The number of nitriles is 1. The molecule has 0 atom stereocenters. The van der Waals surface area contributed by atoms with Crippen molar-refractivity contribution in [3.05, 3.63) is 23.6 Å². The maximum atomic E-state index is 12.6. The van der Waals surface area contributed by atoms with Crippen LogP contribution in [0.5, 0.6) is 0 Å². The first-order chi connectivity index (χ1) is 6.24. The number of hydrogen-bond acceptors (Lipinski definition) is 3. The molecule has 0 unspecified atom stereocenters. The molecule has 0 aliphatic heterocycles. The van der Waals surface area contributed by atoms with E-state index in [2.05, 4.69) is 16.8 Å². The summed E-state index contributed by atoms with van der Waals surface area (Å²) in [7, 11) is 0. The number of pyridine rings is 1. The van der Waals surface area contributed by atoms with Gasteiger partial charge in [0.2, 0.25) is 0 Å². The molecule has 0 radical (unpaired) electrons. The molecular formula is C9H6FN3. The van der Waals surface area contributed by atoms with Crippen LogP contribution in [-0.2, 0) is 0 Å². The standard InChI is InChI=1S/C9H6FN3/c10-8-5-7(3-1-2-4-11)9(12)13-6-8/h5-6H,2H2,(H2,12,13). The van der Waals surface area contributed by atoms with Gasteiger partial charge in [-0.3, -0.25) is 0 Å². The molecule has 1 aromatic heterocycles. The van der Waals surface area contributed by atoms with Gasteiger partial charge in [-0.1, -0.05) is 11.8 Å². The van der Waals surface area contributed by atoms with Crippen molar-refractivity contribution < 1.29 is 4.39 Å². The molecule has 0 aromatic carbocycles. The Hall–Kier alpha value is -2.07. The zero-order chi connectivity index (χ0) is 9.68. The SMILES string of the molecule is N#CCC#Cc1cc(F)cnc1N. The van der Waals surface area contributed by atoms with Crippen LogP contribution in [0.15, 0.2) is 12.3 Å². The summed E-state index contributed by atoms with van der Waals surface area (Å²) < 4.78 is 12.6. The Morgan fingerprint density at radius 3 is 3.08 bits per heavy atom. The van der Waals surface area contributed by atoms with Crippen LogP contribution < -0.4 is 5.73 Å². The van der Waals surface area contributed by atoms with Crippen LogP contribution in [0.25, 0.3) is 0 Å². The average molecular weight is 175 g/mol. The molecule has 0 aliphatic carbocycles. The van der Waals surface area contributed by atoms with E-state index in [0.717, 1.165) is 6.20 Å². The summed E-state index contributed by atoms with van der Waals surface area (Å²) in [5.41, 5.74) is 5.72. The molecule has 0 spiro atoms. The Morgan fingerprint density at radius 1 is 1.62 bits per heavy atom. The van der Waals surface area contributed by atoms with Crippen molar-refractivity contribution >= 4 is 5.82 Å². The van der Waals surface area contributed by atoms with Gasteiger partial charge >= 0.3 is 0 Å². The van der Waals surface area contributed by atoms with Crippen molar-refractivity contribution in [1.82, 2.24) is 4.98 Å². The van der Waals surface area contributed by atoms with Crippen molar-refractivity contribution in [2.75, 3.05) is 5.73 Å². The number of nitrogens with two attached hydrogens (primary N) is 1. The summed E-state index contributed by atoms with van der Waals surface area (Å²) >= 11 is 0. The van der Waals surface area contributed by atoms with Crippen LogP contribution in [0.1, 0.15) is 12.0 Å². The van der Waals surface area contributed by atoms with Crippen LogP contribution in [0.2, 0.25) is 0 Å². The maximum absolute atomic E-state index is 12.6.